The van der Waals surface area contributed by atoms with Gasteiger partial charge in [0.15, 0.2) is 0 Å². The molecular formula is C31H34F3N3O3. The zero-order valence-electron chi connectivity index (χ0n) is 22.7. The van der Waals surface area contributed by atoms with Crippen LogP contribution in [-0.4, -0.2) is 42.4 Å². The molecule has 212 valence electrons. The summed E-state index contributed by atoms with van der Waals surface area (Å²) in [6, 6.07) is 18.9. The quantitative estimate of drug-likeness (QED) is 0.372. The number of hydrogen-bond donors (Lipinski definition) is 2. The number of alkyl halides is 3. The van der Waals surface area contributed by atoms with Gasteiger partial charge in [-0.15, -0.1) is 0 Å². The molecule has 0 aliphatic carbocycles. The van der Waals surface area contributed by atoms with Crippen molar-refractivity contribution in [2.75, 3.05) is 19.6 Å². The molecule has 0 saturated carbocycles. The Morgan fingerprint density at radius 2 is 1.75 bits per heavy atom. The molecule has 6 nitrogen and oxygen atoms in total. The molecule has 4 rings (SSSR count). The van der Waals surface area contributed by atoms with E-state index >= 15 is 0 Å². The topological polar surface area (TPSA) is 70.7 Å². The number of carbonyl (C=O) groups excluding carboxylic acids is 2. The van der Waals surface area contributed by atoms with E-state index in [0.717, 1.165) is 42.8 Å². The van der Waals surface area contributed by atoms with Gasteiger partial charge in [0, 0.05) is 51.1 Å². The molecule has 1 atom stereocenters. The van der Waals surface area contributed by atoms with Gasteiger partial charge in [0.2, 0.25) is 11.8 Å². The average molecular weight is 554 g/mol. The first-order valence-corrected chi connectivity index (χ1v) is 13.4. The average Bonchev–Trinajstić information content (AvgIpc) is 2.92. The minimum atomic E-state index is -4.53. The van der Waals surface area contributed by atoms with E-state index in [1.54, 1.807) is 6.07 Å². The van der Waals surface area contributed by atoms with Crippen molar-refractivity contribution >= 4 is 11.8 Å². The van der Waals surface area contributed by atoms with E-state index in [2.05, 4.69) is 22.8 Å². The molecule has 9 heteroatoms. The molecular weight excluding hydrogens is 519 g/mol. The molecule has 3 aromatic rings. The van der Waals surface area contributed by atoms with Crippen molar-refractivity contribution in [3.05, 3.63) is 94.5 Å². The van der Waals surface area contributed by atoms with Crippen LogP contribution in [0.3, 0.4) is 0 Å². The number of benzene rings is 3. The van der Waals surface area contributed by atoms with Crippen LogP contribution in [-0.2, 0) is 35.2 Å². The third-order valence-corrected chi connectivity index (χ3v) is 6.94. The van der Waals surface area contributed by atoms with Crippen molar-refractivity contribution in [1.82, 2.24) is 15.5 Å². The Labute approximate surface area is 232 Å². The fourth-order valence-corrected chi connectivity index (χ4v) is 4.88. The summed E-state index contributed by atoms with van der Waals surface area (Å²) in [7, 11) is 0. The molecule has 2 N–H and O–H groups in total. The number of piperazine rings is 1. The predicted octanol–water partition coefficient (Wildman–Crippen LogP) is 5.42. The van der Waals surface area contributed by atoms with Gasteiger partial charge < -0.3 is 20.3 Å². The lowest BCUT2D eigenvalue weighted by atomic mass is 10.0. The second kappa shape index (κ2) is 13.0. The van der Waals surface area contributed by atoms with Gasteiger partial charge in [-0.25, -0.2) is 0 Å². The van der Waals surface area contributed by atoms with Crippen LogP contribution >= 0.6 is 0 Å². The highest BCUT2D eigenvalue weighted by Gasteiger charge is 2.31. The molecule has 1 fully saturated rings. The van der Waals surface area contributed by atoms with Gasteiger partial charge in [-0.3, -0.25) is 9.59 Å². The maximum atomic E-state index is 13.4. The Hall–Kier alpha value is -3.85. The third-order valence-electron chi connectivity index (χ3n) is 6.94. The second-order valence-electron chi connectivity index (χ2n) is 10.1. The van der Waals surface area contributed by atoms with Crippen LogP contribution in [0, 0.1) is 6.92 Å². The molecule has 1 heterocycles. The third kappa shape index (κ3) is 7.85. The van der Waals surface area contributed by atoms with E-state index in [0.29, 0.717) is 18.7 Å². The first-order chi connectivity index (χ1) is 19.1. The van der Waals surface area contributed by atoms with Crippen molar-refractivity contribution < 1.29 is 27.5 Å². The predicted molar refractivity (Wildman–Crippen MR) is 147 cm³/mol. The Balaban J connectivity index is 1.50. The molecule has 0 bridgehead atoms. The van der Waals surface area contributed by atoms with E-state index in [1.165, 1.54) is 18.6 Å². The maximum absolute atomic E-state index is 13.4. The number of rotatable bonds is 9. The SMILES string of the molecule is CC(=O)NCc1cc(C(F)(F)F)ccc1Oc1ccc(C)cc1CCC(=O)N1CCNC[C@H]1Cc1ccccc1. The number of hydrogen-bond acceptors (Lipinski definition) is 4. The van der Waals surface area contributed by atoms with Crippen molar-refractivity contribution in [3.63, 3.8) is 0 Å². The Bertz CT molecular complexity index is 1330. The van der Waals surface area contributed by atoms with Gasteiger partial charge in [-0.05, 0) is 55.2 Å². The number of aryl methyl sites for hydroxylation is 2. The fourth-order valence-electron chi connectivity index (χ4n) is 4.88. The van der Waals surface area contributed by atoms with Crippen LogP contribution in [0.4, 0.5) is 13.2 Å². The molecule has 0 radical (unpaired) electrons. The highest BCUT2D eigenvalue weighted by Crippen LogP contribution is 2.35. The Morgan fingerprint density at radius 1 is 1.02 bits per heavy atom. The maximum Gasteiger partial charge on any atom is 0.416 e. The highest BCUT2D eigenvalue weighted by molar-refractivity contribution is 5.77. The zero-order valence-corrected chi connectivity index (χ0v) is 22.7. The lowest BCUT2D eigenvalue weighted by Crippen LogP contribution is -2.54. The molecule has 0 aromatic heterocycles. The van der Waals surface area contributed by atoms with E-state index in [-0.39, 0.29) is 42.1 Å². The minimum absolute atomic E-state index is 0.0516. The van der Waals surface area contributed by atoms with Crippen molar-refractivity contribution in [2.24, 2.45) is 0 Å². The monoisotopic (exact) mass is 553 g/mol. The molecule has 1 saturated heterocycles. The molecule has 2 amide bonds. The highest BCUT2D eigenvalue weighted by atomic mass is 19.4. The summed E-state index contributed by atoms with van der Waals surface area (Å²) < 4.78 is 46.2. The molecule has 3 aromatic carbocycles. The van der Waals surface area contributed by atoms with Crippen LogP contribution in [0.2, 0.25) is 0 Å². The largest absolute Gasteiger partial charge is 0.457 e. The Kier molecular flexibility index (Phi) is 9.47. The number of amides is 2. The van der Waals surface area contributed by atoms with Gasteiger partial charge in [0.25, 0.3) is 0 Å². The van der Waals surface area contributed by atoms with E-state index in [1.807, 2.05) is 42.2 Å². The van der Waals surface area contributed by atoms with Crippen molar-refractivity contribution in [1.29, 1.82) is 0 Å². The molecule has 1 aliphatic rings. The van der Waals surface area contributed by atoms with E-state index < -0.39 is 11.7 Å². The molecule has 40 heavy (non-hydrogen) atoms. The fraction of sp³-hybridized carbons (Fsp3) is 0.355. The van der Waals surface area contributed by atoms with Gasteiger partial charge in [0.05, 0.1) is 5.56 Å². The summed E-state index contributed by atoms with van der Waals surface area (Å²) >= 11 is 0. The second-order valence-corrected chi connectivity index (χ2v) is 10.1. The van der Waals surface area contributed by atoms with Gasteiger partial charge in [-0.1, -0.05) is 48.0 Å². The summed E-state index contributed by atoms with van der Waals surface area (Å²) in [5, 5.41) is 5.93. The number of nitrogens with zero attached hydrogens (tertiary/aromatic N) is 1. The van der Waals surface area contributed by atoms with Crippen molar-refractivity contribution in [2.45, 2.75) is 51.9 Å². The molecule has 0 spiro atoms. The summed E-state index contributed by atoms with van der Waals surface area (Å²) in [5.41, 5.74) is 2.32. The standard InChI is InChI=1S/C31H34F3N3O3/c1-21-8-11-28(40-29-12-10-26(31(32,33)34)18-25(29)19-36-22(2)38)24(16-21)9-13-30(39)37-15-14-35-20-27(37)17-23-6-4-3-5-7-23/h3-8,10-12,16,18,27,35H,9,13-15,17,19-20H2,1-2H3,(H,36,38)/t27-/m1/s1. The number of carbonyl (C=O) groups is 2. The lowest BCUT2D eigenvalue weighted by molar-refractivity contribution is -0.137. The number of halogens is 3. The van der Waals surface area contributed by atoms with Crippen LogP contribution in [0.1, 0.15) is 41.2 Å². The van der Waals surface area contributed by atoms with E-state index in [9.17, 15) is 22.8 Å². The van der Waals surface area contributed by atoms with Crippen LogP contribution in [0.25, 0.3) is 0 Å². The summed E-state index contributed by atoms with van der Waals surface area (Å²) in [6.45, 7) is 5.21. The van der Waals surface area contributed by atoms with Gasteiger partial charge >= 0.3 is 6.18 Å². The van der Waals surface area contributed by atoms with Gasteiger partial charge in [-0.2, -0.15) is 13.2 Å². The normalized spacial score (nSPS) is 15.5. The minimum Gasteiger partial charge on any atom is -0.457 e. The number of nitrogens with one attached hydrogen (secondary N) is 2. The van der Waals surface area contributed by atoms with Crippen molar-refractivity contribution in [3.8, 4) is 11.5 Å². The first kappa shape index (κ1) is 29.1. The molecule has 0 unspecified atom stereocenters. The number of ether oxygens (including phenoxy) is 1. The smallest absolute Gasteiger partial charge is 0.416 e. The summed E-state index contributed by atoms with van der Waals surface area (Å²) in [6.07, 6.45) is -3.07. The van der Waals surface area contributed by atoms with Crippen LogP contribution < -0.4 is 15.4 Å². The Morgan fingerprint density at radius 3 is 2.48 bits per heavy atom. The van der Waals surface area contributed by atoms with Crippen LogP contribution in [0.15, 0.2) is 66.7 Å². The van der Waals surface area contributed by atoms with Gasteiger partial charge in [0.1, 0.15) is 11.5 Å². The first-order valence-electron chi connectivity index (χ1n) is 13.4. The van der Waals surface area contributed by atoms with E-state index in [4.69, 9.17) is 4.74 Å². The van der Waals surface area contributed by atoms with Crippen LogP contribution in [0.5, 0.6) is 11.5 Å². The summed E-state index contributed by atoms with van der Waals surface area (Å²) in [4.78, 5) is 26.8. The molecule has 1 aliphatic heterocycles. The summed E-state index contributed by atoms with van der Waals surface area (Å²) in [5.74, 6) is 0.360. The lowest BCUT2D eigenvalue weighted by Gasteiger charge is -2.36. The zero-order chi connectivity index (χ0) is 28.7.